The Morgan fingerprint density at radius 1 is 1.58 bits per heavy atom. The smallest absolute Gasteiger partial charge is 0.236 e. The minimum Gasteiger partial charge on any atom is -0.348 e. The van der Waals surface area contributed by atoms with Crippen LogP contribution in [0, 0.1) is 5.92 Å². The van der Waals surface area contributed by atoms with Crippen LogP contribution < -0.4 is 5.73 Å². The van der Waals surface area contributed by atoms with Crippen LogP contribution in [0.25, 0.3) is 0 Å². The van der Waals surface area contributed by atoms with Crippen molar-refractivity contribution in [2.75, 3.05) is 40.3 Å². The molecule has 0 aromatic heterocycles. The summed E-state index contributed by atoms with van der Waals surface area (Å²) < 4.78 is 0. The highest BCUT2D eigenvalue weighted by Gasteiger charge is 2.26. The predicted octanol–water partition coefficient (Wildman–Crippen LogP) is -1.03. The maximum atomic E-state index is 11.2. The Morgan fingerprint density at radius 3 is 2.58 bits per heavy atom. The van der Waals surface area contributed by atoms with Crippen LogP contribution in [0.5, 0.6) is 0 Å². The lowest BCUT2D eigenvalue weighted by Crippen LogP contribution is -2.52. The zero-order chi connectivity index (χ0) is 9.14. The molecule has 0 aliphatic carbocycles. The molecule has 12 heavy (non-hydrogen) atoms. The SMILES string of the molecule is CN(C)C(=O)CN1CC(CN)C1. The van der Waals surface area contributed by atoms with Crippen LogP contribution in [0.15, 0.2) is 0 Å². The van der Waals surface area contributed by atoms with Crippen molar-refractivity contribution in [2.24, 2.45) is 11.7 Å². The van der Waals surface area contributed by atoms with Crippen molar-refractivity contribution in [3.63, 3.8) is 0 Å². The Hall–Kier alpha value is -0.610. The second-order valence-electron chi connectivity index (χ2n) is 3.58. The first-order valence-electron chi connectivity index (χ1n) is 4.26. The molecule has 2 N–H and O–H groups in total. The van der Waals surface area contributed by atoms with E-state index >= 15 is 0 Å². The third-order valence-corrected chi connectivity index (χ3v) is 2.22. The average molecular weight is 171 g/mol. The number of hydrogen-bond donors (Lipinski definition) is 1. The van der Waals surface area contributed by atoms with Crippen LogP contribution >= 0.6 is 0 Å². The predicted molar refractivity (Wildman–Crippen MR) is 47.7 cm³/mol. The molecule has 0 unspecified atom stereocenters. The lowest BCUT2D eigenvalue weighted by Gasteiger charge is -2.38. The molecule has 1 rings (SSSR count). The molecule has 1 heterocycles. The highest BCUT2D eigenvalue weighted by Crippen LogP contribution is 2.12. The molecule has 0 saturated carbocycles. The first-order valence-corrected chi connectivity index (χ1v) is 4.26. The Labute approximate surface area is 73.3 Å². The van der Waals surface area contributed by atoms with E-state index in [9.17, 15) is 4.79 Å². The third kappa shape index (κ3) is 2.19. The summed E-state index contributed by atoms with van der Waals surface area (Å²) in [6.07, 6.45) is 0. The molecule has 1 saturated heterocycles. The highest BCUT2D eigenvalue weighted by atomic mass is 16.2. The van der Waals surface area contributed by atoms with E-state index in [-0.39, 0.29) is 5.91 Å². The van der Waals surface area contributed by atoms with Gasteiger partial charge in [-0.05, 0) is 12.5 Å². The van der Waals surface area contributed by atoms with Crippen molar-refractivity contribution < 1.29 is 4.79 Å². The fourth-order valence-electron chi connectivity index (χ4n) is 1.29. The van der Waals surface area contributed by atoms with Crippen molar-refractivity contribution in [1.82, 2.24) is 9.80 Å². The maximum absolute atomic E-state index is 11.2. The molecule has 70 valence electrons. The number of likely N-dealkylation sites (N-methyl/N-ethyl adjacent to an activating group) is 1. The number of nitrogens with zero attached hydrogens (tertiary/aromatic N) is 2. The quantitative estimate of drug-likeness (QED) is 0.590. The minimum atomic E-state index is 0.172. The molecule has 4 nitrogen and oxygen atoms in total. The van der Waals surface area contributed by atoms with Gasteiger partial charge in [0.15, 0.2) is 0 Å². The second-order valence-corrected chi connectivity index (χ2v) is 3.58. The Morgan fingerprint density at radius 2 is 2.17 bits per heavy atom. The number of likely N-dealkylation sites (tertiary alicyclic amines) is 1. The van der Waals surface area contributed by atoms with Gasteiger partial charge in [-0.3, -0.25) is 9.69 Å². The van der Waals surface area contributed by atoms with Crippen LogP contribution in [0.3, 0.4) is 0 Å². The first kappa shape index (κ1) is 9.48. The molecule has 4 heteroatoms. The summed E-state index contributed by atoms with van der Waals surface area (Å²) in [5.41, 5.74) is 5.46. The number of rotatable bonds is 3. The van der Waals surface area contributed by atoms with Gasteiger partial charge in [0.1, 0.15) is 0 Å². The standard InChI is InChI=1S/C8H17N3O/c1-10(2)8(12)6-11-4-7(3-9)5-11/h7H,3-6,9H2,1-2H3. The van der Waals surface area contributed by atoms with Gasteiger partial charge in [-0.1, -0.05) is 0 Å². The molecule has 0 aromatic carbocycles. The fourth-order valence-corrected chi connectivity index (χ4v) is 1.29. The molecule has 0 spiro atoms. The maximum Gasteiger partial charge on any atom is 0.236 e. The minimum absolute atomic E-state index is 0.172. The van der Waals surface area contributed by atoms with Crippen molar-refractivity contribution in [3.8, 4) is 0 Å². The molecule has 0 aromatic rings. The summed E-state index contributed by atoms with van der Waals surface area (Å²) in [4.78, 5) is 14.9. The first-order chi connectivity index (χ1) is 5.63. The van der Waals surface area contributed by atoms with Crippen LogP contribution in [-0.4, -0.2) is 56.0 Å². The van der Waals surface area contributed by atoms with Crippen molar-refractivity contribution in [2.45, 2.75) is 0 Å². The van der Waals surface area contributed by atoms with Gasteiger partial charge >= 0.3 is 0 Å². The van der Waals surface area contributed by atoms with Crippen molar-refractivity contribution in [3.05, 3.63) is 0 Å². The molecule has 0 atom stereocenters. The molecule has 0 bridgehead atoms. The summed E-state index contributed by atoms with van der Waals surface area (Å²) in [6, 6.07) is 0. The van der Waals surface area contributed by atoms with Gasteiger partial charge in [0.05, 0.1) is 6.54 Å². The van der Waals surface area contributed by atoms with Gasteiger partial charge in [0, 0.05) is 27.2 Å². The van der Waals surface area contributed by atoms with E-state index in [0.29, 0.717) is 12.5 Å². The van der Waals surface area contributed by atoms with E-state index in [1.165, 1.54) is 0 Å². The monoisotopic (exact) mass is 171 g/mol. The summed E-state index contributed by atoms with van der Waals surface area (Å²) in [6.45, 7) is 3.25. The van der Waals surface area contributed by atoms with E-state index in [2.05, 4.69) is 4.90 Å². The molecule has 1 fully saturated rings. The zero-order valence-electron chi connectivity index (χ0n) is 7.79. The molecule has 1 aliphatic heterocycles. The number of carbonyl (C=O) groups is 1. The van der Waals surface area contributed by atoms with E-state index in [4.69, 9.17) is 5.73 Å². The average Bonchev–Trinajstić information content (AvgIpc) is 1.94. The lowest BCUT2D eigenvalue weighted by atomic mass is 10.0. The van der Waals surface area contributed by atoms with Gasteiger partial charge in [-0.25, -0.2) is 0 Å². The molecule has 0 radical (unpaired) electrons. The van der Waals surface area contributed by atoms with Crippen LogP contribution in [0.2, 0.25) is 0 Å². The fraction of sp³-hybridized carbons (Fsp3) is 0.875. The Bertz CT molecular complexity index is 164. The highest BCUT2D eigenvalue weighted by molar-refractivity contribution is 5.77. The van der Waals surface area contributed by atoms with Gasteiger partial charge in [-0.2, -0.15) is 0 Å². The number of carbonyl (C=O) groups excluding carboxylic acids is 1. The molecule has 1 amide bonds. The Kier molecular flexibility index (Phi) is 3.05. The second kappa shape index (κ2) is 3.87. The third-order valence-electron chi connectivity index (χ3n) is 2.22. The number of amides is 1. The summed E-state index contributed by atoms with van der Waals surface area (Å²) in [5, 5.41) is 0. The van der Waals surface area contributed by atoms with Gasteiger partial charge in [0.2, 0.25) is 5.91 Å². The van der Waals surface area contributed by atoms with E-state index in [1.807, 2.05) is 0 Å². The van der Waals surface area contributed by atoms with Gasteiger partial charge in [0.25, 0.3) is 0 Å². The van der Waals surface area contributed by atoms with E-state index in [0.717, 1.165) is 19.6 Å². The lowest BCUT2D eigenvalue weighted by molar-refractivity contribution is -0.131. The zero-order valence-corrected chi connectivity index (χ0v) is 7.79. The van der Waals surface area contributed by atoms with Crippen molar-refractivity contribution >= 4 is 5.91 Å². The van der Waals surface area contributed by atoms with E-state index < -0.39 is 0 Å². The molecular weight excluding hydrogens is 154 g/mol. The number of nitrogens with two attached hydrogens (primary N) is 1. The van der Waals surface area contributed by atoms with E-state index in [1.54, 1.807) is 19.0 Å². The van der Waals surface area contributed by atoms with Gasteiger partial charge < -0.3 is 10.6 Å². The van der Waals surface area contributed by atoms with Gasteiger partial charge in [-0.15, -0.1) is 0 Å². The summed E-state index contributed by atoms with van der Waals surface area (Å²) in [7, 11) is 3.56. The summed E-state index contributed by atoms with van der Waals surface area (Å²) >= 11 is 0. The molecule has 1 aliphatic rings. The largest absolute Gasteiger partial charge is 0.348 e. The van der Waals surface area contributed by atoms with Crippen LogP contribution in [0.4, 0.5) is 0 Å². The Balaban J connectivity index is 2.14. The summed E-state index contributed by atoms with van der Waals surface area (Å²) in [5.74, 6) is 0.783. The molecular formula is C8H17N3O. The van der Waals surface area contributed by atoms with Crippen LogP contribution in [0.1, 0.15) is 0 Å². The van der Waals surface area contributed by atoms with Crippen LogP contribution in [-0.2, 0) is 4.79 Å². The normalized spacial score (nSPS) is 18.9. The topological polar surface area (TPSA) is 49.6 Å². The number of hydrogen-bond acceptors (Lipinski definition) is 3. The van der Waals surface area contributed by atoms with Crippen molar-refractivity contribution in [1.29, 1.82) is 0 Å².